The molecule has 0 spiro atoms. The molecule has 0 atom stereocenters. The molecule has 0 bridgehead atoms. The third kappa shape index (κ3) is 1.40. The fraction of sp³-hybridized carbons (Fsp3) is 0.0909. The maximum Gasteiger partial charge on any atom is 0.151 e. The first kappa shape index (κ1) is 8.92. The van der Waals surface area contributed by atoms with Crippen LogP contribution < -0.4 is 0 Å². The van der Waals surface area contributed by atoms with Crippen molar-refractivity contribution in [3.63, 3.8) is 0 Å². The number of hydrogen-bond donors (Lipinski definition) is 0. The van der Waals surface area contributed by atoms with Crippen molar-refractivity contribution in [1.82, 2.24) is 0 Å². The van der Waals surface area contributed by atoms with E-state index in [2.05, 4.69) is 6.07 Å². The molecule has 0 amide bonds. The van der Waals surface area contributed by atoms with Gasteiger partial charge in [0.25, 0.3) is 0 Å². The molecule has 0 unspecified atom stereocenters. The Morgan fingerprint density at radius 3 is 3.07 bits per heavy atom. The molecule has 0 aliphatic heterocycles. The first-order chi connectivity index (χ1) is 6.85. The van der Waals surface area contributed by atoms with Crippen molar-refractivity contribution in [2.45, 2.75) is 6.42 Å². The molecule has 0 saturated heterocycles. The number of aldehydes is 1. The third-order valence-electron chi connectivity index (χ3n) is 2.08. The normalized spacial score (nSPS) is 9.93. The Balaban J connectivity index is 2.62. The van der Waals surface area contributed by atoms with E-state index in [-0.39, 0.29) is 0 Å². The molecule has 1 aromatic heterocycles. The van der Waals surface area contributed by atoms with Gasteiger partial charge in [0.15, 0.2) is 6.29 Å². The Bertz CT molecular complexity index is 522. The van der Waals surface area contributed by atoms with E-state index in [0.29, 0.717) is 12.0 Å². The number of nitrogens with zero attached hydrogens (tertiary/aromatic N) is 1. The molecule has 14 heavy (non-hydrogen) atoms. The summed E-state index contributed by atoms with van der Waals surface area (Å²) in [6, 6.07) is 7.89. The van der Waals surface area contributed by atoms with E-state index in [9.17, 15) is 4.79 Å². The van der Waals surface area contributed by atoms with Crippen LogP contribution in [0.2, 0.25) is 0 Å². The highest BCUT2D eigenvalue weighted by Crippen LogP contribution is 2.25. The lowest BCUT2D eigenvalue weighted by Gasteiger charge is -1.95. The first-order valence-corrected chi connectivity index (χ1v) is 5.05. The Morgan fingerprint density at radius 2 is 2.36 bits per heavy atom. The Kier molecular flexibility index (Phi) is 2.30. The highest BCUT2D eigenvalue weighted by Gasteiger charge is 2.03. The molecule has 2 aromatic rings. The summed E-state index contributed by atoms with van der Waals surface area (Å²) in [5, 5.41) is 11.3. The zero-order chi connectivity index (χ0) is 9.97. The summed E-state index contributed by atoms with van der Waals surface area (Å²) < 4.78 is 1.09. The van der Waals surface area contributed by atoms with Crippen LogP contribution in [0.15, 0.2) is 23.6 Å². The van der Waals surface area contributed by atoms with Crippen LogP contribution >= 0.6 is 11.3 Å². The molecule has 0 fully saturated rings. The van der Waals surface area contributed by atoms with Gasteiger partial charge in [-0.15, -0.1) is 11.3 Å². The monoisotopic (exact) mass is 201 g/mol. The maximum atomic E-state index is 10.7. The molecule has 0 aliphatic rings. The third-order valence-corrected chi connectivity index (χ3v) is 3.06. The van der Waals surface area contributed by atoms with Crippen LogP contribution in [-0.2, 0) is 6.42 Å². The molecule has 0 N–H and O–H groups in total. The van der Waals surface area contributed by atoms with Crippen LogP contribution in [0.5, 0.6) is 0 Å². The van der Waals surface area contributed by atoms with E-state index in [4.69, 9.17) is 5.26 Å². The van der Waals surface area contributed by atoms with Crippen LogP contribution in [0.1, 0.15) is 15.9 Å². The second-order valence-corrected chi connectivity index (χ2v) is 3.89. The van der Waals surface area contributed by atoms with E-state index in [1.54, 1.807) is 11.3 Å². The van der Waals surface area contributed by atoms with Crippen LogP contribution in [0.3, 0.4) is 0 Å². The van der Waals surface area contributed by atoms with Gasteiger partial charge in [-0.1, -0.05) is 6.07 Å². The van der Waals surface area contributed by atoms with Crippen molar-refractivity contribution in [2.75, 3.05) is 0 Å². The number of rotatable bonds is 2. The fourth-order valence-corrected chi connectivity index (χ4v) is 2.28. The first-order valence-electron chi connectivity index (χ1n) is 4.17. The van der Waals surface area contributed by atoms with Crippen LogP contribution in [0.25, 0.3) is 10.1 Å². The maximum absolute atomic E-state index is 10.7. The van der Waals surface area contributed by atoms with E-state index in [0.717, 1.165) is 21.9 Å². The lowest BCUT2D eigenvalue weighted by atomic mass is 10.1. The van der Waals surface area contributed by atoms with E-state index in [1.807, 2.05) is 23.6 Å². The zero-order valence-electron chi connectivity index (χ0n) is 7.36. The van der Waals surface area contributed by atoms with Gasteiger partial charge in [-0.3, -0.25) is 4.79 Å². The van der Waals surface area contributed by atoms with E-state index < -0.39 is 0 Å². The molecule has 68 valence electrons. The van der Waals surface area contributed by atoms with Crippen molar-refractivity contribution in [2.24, 2.45) is 0 Å². The average molecular weight is 201 g/mol. The highest BCUT2D eigenvalue weighted by molar-refractivity contribution is 7.17. The number of nitriles is 1. The Labute approximate surface area is 85.4 Å². The lowest BCUT2D eigenvalue weighted by Crippen LogP contribution is -1.81. The van der Waals surface area contributed by atoms with E-state index >= 15 is 0 Å². The van der Waals surface area contributed by atoms with Crippen molar-refractivity contribution < 1.29 is 4.79 Å². The van der Waals surface area contributed by atoms with Gasteiger partial charge in [-0.05, 0) is 17.7 Å². The van der Waals surface area contributed by atoms with Gasteiger partial charge in [0.05, 0.1) is 12.5 Å². The number of hydrogen-bond acceptors (Lipinski definition) is 3. The van der Waals surface area contributed by atoms with Crippen LogP contribution in [0.4, 0.5) is 0 Å². The summed E-state index contributed by atoms with van der Waals surface area (Å²) in [5.41, 5.74) is 1.67. The zero-order valence-corrected chi connectivity index (χ0v) is 8.17. The number of carbonyl (C=O) groups excluding carboxylic acids is 1. The van der Waals surface area contributed by atoms with Gasteiger partial charge in [0.2, 0.25) is 0 Å². The summed E-state index contributed by atoms with van der Waals surface area (Å²) >= 11 is 1.55. The van der Waals surface area contributed by atoms with Crippen molar-refractivity contribution in [3.8, 4) is 6.07 Å². The minimum absolute atomic E-state index is 0.393. The minimum Gasteiger partial charge on any atom is -0.298 e. The van der Waals surface area contributed by atoms with Gasteiger partial charge in [0, 0.05) is 21.0 Å². The number of fused-ring (bicyclic) bond motifs is 1. The molecule has 3 heteroatoms. The summed E-state index contributed by atoms with van der Waals surface area (Å²) in [6.45, 7) is 0. The smallest absolute Gasteiger partial charge is 0.151 e. The van der Waals surface area contributed by atoms with Gasteiger partial charge < -0.3 is 0 Å². The fourth-order valence-electron chi connectivity index (χ4n) is 1.39. The quantitative estimate of drug-likeness (QED) is 0.701. The van der Waals surface area contributed by atoms with E-state index in [1.165, 1.54) is 0 Å². The minimum atomic E-state index is 0.393. The number of thiophene rings is 1. The SMILES string of the molecule is N#CCc1ccc2scc(C=O)c2c1. The second kappa shape index (κ2) is 3.60. The molecular weight excluding hydrogens is 194 g/mol. The molecule has 2 nitrogen and oxygen atoms in total. The number of carbonyl (C=O) groups is 1. The van der Waals surface area contributed by atoms with Crippen LogP contribution in [0, 0.1) is 11.3 Å². The van der Waals surface area contributed by atoms with Gasteiger partial charge >= 0.3 is 0 Å². The topological polar surface area (TPSA) is 40.9 Å². The van der Waals surface area contributed by atoms with Gasteiger partial charge in [-0.25, -0.2) is 0 Å². The summed E-state index contributed by atoms with van der Waals surface area (Å²) in [5.74, 6) is 0. The Hall–Kier alpha value is -1.66. The van der Waals surface area contributed by atoms with Gasteiger partial charge in [0.1, 0.15) is 0 Å². The molecular formula is C11H7NOS. The summed E-state index contributed by atoms with van der Waals surface area (Å²) in [7, 11) is 0. The molecule has 0 saturated carbocycles. The van der Waals surface area contributed by atoms with Crippen molar-refractivity contribution in [1.29, 1.82) is 5.26 Å². The number of benzene rings is 1. The molecule has 1 heterocycles. The predicted molar refractivity (Wildman–Crippen MR) is 56.5 cm³/mol. The summed E-state index contributed by atoms with van der Waals surface area (Å²) in [4.78, 5) is 10.7. The standard InChI is InChI=1S/C11H7NOS/c12-4-3-8-1-2-11-10(5-8)9(6-13)7-14-11/h1-2,5-7H,3H2. The van der Waals surface area contributed by atoms with Crippen LogP contribution in [-0.4, -0.2) is 6.29 Å². The largest absolute Gasteiger partial charge is 0.298 e. The Morgan fingerprint density at radius 1 is 1.50 bits per heavy atom. The van der Waals surface area contributed by atoms with Gasteiger partial charge in [-0.2, -0.15) is 5.26 Å². The molecule has 0 radical (unpaired) electrons. The second-order valence-electron chi connectivity index (χ2n) is 2.97. The average Bonchev–Trinajstić information content (AvgIpc) is 2.60. The molecule has 0 aliphatic carbocycles. The molecule has 2 rings (SSSR count). The summed E-state index contributed by atoms with van der Waals surface area (Å²) in [6.07, 6.45) is 1.25. The highest BCUT2D eigenvalue weighted by atomic mass is 32.1. The van der Waals surface area contributed by atoms with Crippen molar-refractivity contribution in [3.05, 3.63) is 34.7 Å². The van der Waals surface area contributed by atoms with Crippen molar-refractivity contribution >= 4 is 27.7 Å². The predicted octanol–water partition coefficient (Wildman–Crippen LogP) is 2.78. The molecule has 1 aromatic carbocycles. The lowest BCUT2D eigenvalue weighted by molar-refractivity contribution is 0.112.